The zero-order chi connectivity index (χ0) is 8.55. The van der Waals surface area contributed by atoms with Crippen molar-refractivity contribution >= 4 is 17.7 Å². The van der Waals surface area contributed by atoms with Gasteiger partial charge < -0.3 is 4.90 Å². The molecule has 0 aromatic carbocycles. The number of carbonyl (C=O) groups excluding carboxylic acids is 1. The van der Waals surface area contributed by atoms with Gasteiger partial charge in [-0.2, -0.15) is 0 Å². The van der Waals surface area contributed by atoms with Gasteiger partial charge >= 0.3 is 0 Å². The molecule has 0 aliphatic carbocycles. The van der Waals surface area contributed by atoms with Crippen LogP contribution in [-0.2, 0) is 4.79 Å². The molecule has 3 heteroatoms. The number of hydrogen-bond acceptors (Lipinski definition) is 2. The summed E-state index contributed by atoms with van der Waals surface area (Å²) >= 11 is 1.87. The molecule has 0 bridgehead atoms. The number of fused-ring (bicyclic) bond motifs is 1. The molecular formula is C9H13NOS. The molecule has 0 saturated carbocycles. The monoisotopic (exact) mass is 183 g/mol. The Morgan fingerprint density at radius 1 is 1.67 bits per heavy atom. The van der Waals surface area contributed by atoms with Gasteiger partial charge in [0.2, 0.25) is 5.91 Å². The molecule has 1 atom stereocenters. The van der Waals surface area contributed by atoms with Gasteiger partial charge in [0.1, 0.15) is 0 Å². The van der Waals surface area contributed by atoms with Crippen molar-refractivity contribution in [3.8, 4) is 0 Å². The van der Waals surface area contributed by atoms with Gasteiger partial charge in [0.25, 0.3) is 0 Å². The fourth-order valence-corrected chi connectivity index (χ4v) is 2.93. The van der Waals surface area contributed by atoms with Crippen LogP contribution in [0.2, 0.25) is 0 Å². The number of likely N-dealkylation sites (N-methyl/N-ethyl adjacent to an activating group) is 1. The highest BCUT2D eigenvalue weighted by Gasteiger charge is 2.27. The van der Waals surface area contributed by atoms with E-state index in [-0.39, 0.29) is 5.91 Å². The van der Waals surface area contributed by atoms with Crippen molar-refractivity contribution in [1.82, 2.24) is 4.90 Å². The van der Waals surface area contributed by atoms with Gasteiger partial charge in [0.05, 0.1) is 0 Å². The maximum absolute atomic E-state index is 11.3. The molecule has 2 aliphatic rings. The SMILES string of the molecule is CN1CC2CCCSC2=CC1=O. The molecule has 1 unspecified atom stereocenters. The van der Waals surface area contributed by atoms with Gasteiger partial charge in [-0.1, -0.05) is 0 Å². The fraction of sp³-hybridized carbons (Fsp3) is 0.667. The highest BCUT2D eigenvalue weighted by molar-refractivity contribution is 8.03. The lowest BCUT2D eigenvalue weighted by atomic mass is 9.99. The second kappa shape index (κ2) is 3.13. The molecule has 0 aromatic rings. The van der Waals surface area contributed by atoms with E-state index in [0.29, 0.717) is 5.92 Å². The average molecular weight is 183 g/mol. The molecule has 2 nitrogen and oxygen atoms in total. The summed E-state index contributed by atoms with van der Waals surface area (Å²) in [4.78, 5) is 14.4. The predicted octanol–water partition coefficient (Wildman–Crippen LogP) is 1.49. The third kappa shape index (κ3) is 1.38. The molecule has 0 radical (unpaired) electrons. The maximum atomic E-state index is 11.3. The van der Waals surface area contributed by atoms with E-state index >= 15 is 0 Å². The maximum Gasteiger partial charge on any atom is 0.247 e. The van der Waals surface area contributed by atoms with Gasteiger partial charge in [-0.05, 0) is 23.5 Å². The molecule has 0 N–H and O–H groups in total. The average Bonchev–Trinajstić information content (AvgIpc) is 2.07. The molecular weight excluding hydrogens is 170 g/mol. The Kier molecular flexibility index (Phi) is 2.13. The van der Waals surface area contributed by atoms with Crippen LogP contribution in [0.4, 0.5) is 0 Å². The highest BCUT2D eigenvalue weighted by atomic mass is 32.2. The van der Waals surface area contributed by atoms with E-state index in [9.17, 15) is 4.79 Å². The zero-order valence-corrected chi connectivity index (χ0v) is 8.06. The van der Waals surface area contributed by atoms with Crippen molar-refractivity contribution in [2.45, 2.75) is 12.8 Å². The topological polar surface area (TPSA) is 20.3 Å². The molecule has 1 saturated heterocycles. The summed E-state index contributed by atoms with van der Waals surface area (Å²) in [5, 5.41) is 0. The Morgan fingerprint density at radius 3 is 3.33 bits per heavy atom. The standard InChI is InChI=1S/C9H13NOS/c1-10-6-7-3-2-4-12-8(7)5-9(10)11/h5,7H,2-4,6H2,1H3. The van der Waals surface area contributed by atoms with Crippen molar-refractivity contribution in [3.63, 3.8) is 0 Å². The second-order valence-electron chi connectivity index (χ2n) is 3.45. The van der Waals surface area contributed by atoms with Crippen LogP contribution in [0.25, 0.3) is 0 Å². The zero-order valence-electron chi connectivity index (χ0n) is 7.25. The number of thioether (sulfide) groups is 1. The first-order chi connectivity index (χ1) is 5.77. The predicted molar refractivity (Wildman–Crippen MR) is 50.9 cm³/mol. The van der Waals surface area contributed by atoms with E-state index < -0.39 is 0 Å². The van der Waals surface area contributed by atoms with Crippen LogP contribution < -0.4 is 0 Å². The summed E-state index contributed by atoms with van der Waals surface area (Å²) in [5.41, 5.74) is 0. The summed E-state index contributed by atoms with van der Waals surface area (Å²) in [6.07, 6.45) is 4.38. The first-order valence-corrected chi connectivity index (χ1v) is 5.35. The molecule has 2 aliphatic heterocycles. The van der Waals surface area contributed by atoms with Crippen LogP contribution in [0.15, 0.2) is 11.0 Å². The molecule has 66 valence electrons. The Morgan fingerprint density at radius 2 is 2.50 bits per heavy atom. The van der Waals surface area contributed by atoms with Crippen molar-refractivity contribution in [3.05, 3.63) is 11.0 Å². The van der Waals surface area contributed by atoms with Crippen molar-refractivity contribution in [2.24, 2.45) is 5.92 Å². The Hall–Kier alpha value is -0.440. The number of hydrogen-bond donors (Lipinski definition) is 0. The first-order valence-electron chi connectivity index (χ1n) is 4.37. The molecule has 1 amide bonds. The summed E-state index contributed by atoms with van der Waals surface area (Å²) < 4.78 is 0. The lowest BCUT2D eigenvalue weighted by Crippen LogP contribution is -2.36. The lowest BCUT2D eigenvalue weighted by molar-refractivity contribution is -0.125. The van der Waals surface area contributed by atoms with Crippen LogP contribution in [0.3, 0.4) is 0 Å². The third-order valence-electron chi connectivity index (χ3n) is 2.50. The van der Waals surface area contributed by atoms with E-state index in [2.05, 4.69) is 0 Å². The van der Waals surface area contributed by atoms with Gasteiger partial charge in [0, 0.05) is 25.6 Å². The number of amides is 1. The first kappa shape index (κ1) is 8.17. The van der Waals surface area contributed by atoms with E-state index in [1.54, 1.807) is 0 Å². The molecule has 0 aromatic heterocycles. The minimum absolute atomic E-state index is 0.177. The van der Waals surface area contributed by atoms with E-state index in [0.717, 1.165) is 6.54 Å². The smallest absolute Gasteiger partial charge is 0.247 e. The summed E-state index contributed by atoms with van der Waals surface area (Å²) in [7, 11) is 1.88. The summed E-state index contributed by atoms with van der Waals surface area (Å²) in [5.74, 6) is 2.02. The quantitative estimate of drug-likeness (QED) is 0.567. The third-order valence-corrected chi connectivity index (χ3v) is 3.78. The second-order valence-corrected chi connectivity index (χ2v) is 4.62. The highest BCUT2D eigenvalue weighted by Crippen LogP contribution is 2.36. The lowest BCUT2D eigenvalue weighted by Gasteiger charge is -2.32. The van der Waals surface area contributed by atoms with Crippen molar-refractivity contribution in [2.75, 3.05) is 19.3 Å². The van der Waals surface area contributed by atoms with E-state index in [1.807, 2.05) is 29.8 Å². The number of carbonyl (C=O) groups is 1. The minimum atomic E-state index is 0.177. The normalized spacial score (nSPS) is 29.8. The van der Waals surface area contributed by atoms with Crippen LogP contribution in [0.5, 0.6) is 0 Å². The van der Waals surface area contributed by atoms with Crippen LogP contribution in [0.1, 0.15) is 12.8 Å². The van der Waals surface area contributed by atoms with E-state index in [4.69, 9.17) is 0 Å². The fourth-order valence-electron chi connectivity index (χ4n) is 1.77. The number of nitrogens with zero attached hydrogens (tertiary/aromatic N) is 1. The summed E-state index contributed by atoms with van der Waals surface area (Å²) in [6.45, 7) is 0.928. The van der Waals surface area contributed by atoms with Crippen LogP contribution in [-0.4, -0.2) is 30.2 Å². The van der Waals surface area contributed by atoms with Gasteiger partial charge in [-0.25, -0.2) is 0 Å². The van der Waals surface area contributed by atoms with Gasteiger partial charge in [0.15, 0.2) is 0 Å². The Labute approximate surface area is 77.0 Å². The van der Waals surface area contributed by atoms with Gasteiger partial charge in [-0.15, -0.1) is 11.8 Å². The van der Waals surface area contributed by atoms with Gasteiger partial charge in [-0.3, -0.25) is 4.79 Å². The largest absolute Gasteiger partial charge is 0.342 e. The molecule has 2 heterocycles. The Bertz CT molecular complexity index is 237. The molecule has 0 spiro atoms. The summed E-state index contributed by atoms with van der Waals surface area (Å²) in [6, 6.07) is 0. The van der Waals surface area contributed by atoms with Crippen molar-refractivity contribution < 1.29 is 4.79 Å². The molecule has 1 fully saturated rings. The minimum Gasteiger partial charge on any atom is -0.342 e. The number of rotatable bonds is 0. The molecule has 12 heavy (non-hydrogen) atoms. The van der Waals surface area contributed by atoms with Crippen LogP contribution >= 0.6 is 11.8 Å². The molecule has 2 rings (SSSR count). The van der Waals surface area contributed by atoms with Crippen molar-refractivity contribution in [1.29, 1.82) is 0 Å². The van der Waals surface area contributed by atoms with E-state index in [1.165, 1.54) is 23.5 Å². The van der Waals surface area contributed by atoms with Crippen LogP contribution in [0, 0.1) is 5.92 Å². The Balaban J connectivity index is 2.19.